The van der Waals surface area contributed by atoms with Crippen LogP contribution < -0.4 is 14.8 Å². The van der Waals surface area contributed by atoms with Crippen molar-refractivity contribution >= 4 is 0 Å². The third-order valence-electron chi connectivity index (χ3n) is 3.14. The van der Waals surface area contributed by atoms with Crippen LogP contribution in [0.25, 0.3) is 0 Å². The van der Waals surface area contributed by atoms with E-state index >= 15 is 0 Å². The number of hydrogen-bond acceptors (Lipinski definition) is 5. The van der Waals surface area contributed by atoms with Crippen LogP contribution in [0.5, 0.6) is 11.5 Å². The van der Waals surface area contributed by atoms with E-state index in [0.29, 0.717) is 19.8 Å². The molecule has 106 valence electrons. The van der Waals surface area contributed by atoms with Gasteiger partial charge in [-0.15, -0.1) is 0 Å². The number of hydrogen-bond donors (Lipinski definition) is 3. The lowest BCUT2D eigenvalue weighted by Gasteiger charge is -2.18. The first-order valence-electron chi connectivity index (χ1n) is 6.62. The minimum atomic E-state index is -0.733. The van der Waals surface area contributed by atoms with Crippen LogP contribution in [0.15, 0.2) is 18.2 Å². The number of rotatable bonds is 5. The zero-order valence-electron chi connectivity index (χ0n) is 11.1. The van der Waals surface area contributed by atoms with Gasteiger partial charge in [0.2, 0.25) is 0 Å². The Balaban J connectivity index is 2.02. The fraction of sp³-hybridized carbons (Fsp3) is 0.571. The number of benzene rings is 1. The lowest BCUT2D eigenvalue weighted by Crippen LogP contribution is -2.31. The summed E-state index contributed by atoms with van der Waals surface area (Å²) in [6.07, 6.45) is 0.156. The van der Waals surface area contributed by atoms with E-state index in [1.807, 2.05) is 25.1 Å². The van der Waals surface area contributed by atoms with Crippen molar-refractivity contribution in [3.63, 3.8) is 0 Å². The Morgan fingerprint density at radius 2 is 2.00 bits per heavy atom. The quantitative estimate of drug-likeness (QED) is 0.738. The maximum absolute atomic E-state index is 9.33. The summed E-state index contributed by atoms with van der Waals surface area (Å²) >= 11 is 0. The molecule has 5 heteroatoms. The van der Waals surface area contributed by atoms with Crippen LogP contribution in [0.2, 0.25) is 0 Å². The molecule has 0 bridgehead atoms. The van der Waals surface area contributed by atoms with E-state index < -0.39 is 6.10 Å². The lowest BCUT2D eigenvalue weighted by molar-refractivity contribution is 0.0924. The molecule has 0 aromatic heterocycles. The van der Waals surface area contributed by atoms with E-state index in [1.165, 1.54) is 0 Å². The largest absolute Gasteiger partial charge is 0.490 e. The minimum absolute atomic E-state index is 0.0679. The van der Waals surface area contributed by atoms with Crippen LogP contribution in [0.1, 0.15) is 24.9 Å². The molecule has 0 radical (unpaired) electrons. The molecule has 0 amide bonds. The van der Waals surface area contributed by atoms with Crippen LogP contribution in [0.3, 0.4) is 0 Å². The van der Waals surface area contributed by atoms with E-state index in [4.69, 9.17) is 14.6 Å². The summed E-state index contributed by atoms with van der Waals surface area (Å²) < 4.78 is 11.2. The molecule has 2 rings (SSSR count). The second-order valence-electron chi connectivity index (χ2n) is 4.72. The molecule has 19 heavy (non-hydrogen) atoms. The molecule has 0 spiro atoms. The molecule has 0 saturated carbocycles. The molecule has 3 N–H and O–H groups in total. The van der Waals surface area contributed by atoms with Crippen LogP contribution in [0, 0.1) is 0 Å². The smallest absolute Gasteiger partial charge is 0.161 e. The SMILES string of the molecule is CC(NCC(O)CO)c1ccc2c(c1)OCCCO2. The van der Waals surface area contributed by atoms with E-state index in [-0.39, 0.29) is 12.6 Å². The van der Waals surface area contributed by atoms with Gasteiger partial charge in [-0.05, 0) is 24.6 Å². The van der Waals surface area contributed by atoms with Gasteiger partial charge in [0.25, 0.3) is 0 Å². The number of ether oxygens (including phenoxy) is 2. The Morgan fingerprint density at radius 3 is 2.74 bits per heavy atom. The molecule has 0 fully saturated rings. The van der Waals surface area contributed by atoms with Crippen molar-refractivity contribution in [3.8, 4) is 11.5 Å². The van der Waals surface area contributed by atoms with Crippen molar-refractivity contribution in [1.29, 1.82) is 0 Å². The number of fused-ring (bicyclic) bond motifs is 1. The molecule has 0 saturated heterocycles. The van der Waals surface area contributed by atoms with Crippen LogP contribution in [-0.4, -0.2) is 42.7 Å². The standard InChI is InChI=1S/C14H21NO4/c1-10(15-8-12(17)9-16)11-3-4-13-14(7-11)19-6-2-5-18-13/h3-4,7,10,12,15-17H,2,5-6,8-9H2,1H3. The fourth-order valence-electron chi connectivity index (χ4n) is 1.94. The van der Waals surface area contributed by atoms with Gasteiger partial charge in [-0.3, -0.25) is 0 Å². The summed E-state index contributed by atoms with van der Waals surface area (Å²) in [5, 5.41) is 21.3. The minimum Gasteiger partial charge on any atom is -0.490 e. The molecule has 2 atom stereocenters. The highest BCUT2D eigenvalue weighted by Crippen LogP contribution is 2.32. The molecular weight excluding hydrogens is 246 g/mol. The predicted octanol–water partition coefficient (Wildman–Crippen LogP) is 0.852. The zero-order chi connectivity index (χ0) is 13.7. The third kappa shape index (κ3) is 3.83. The van der Waals surface area contributed by atoms with Gasteiger partial charge < -0.3 is 25.0 Å². The monoisotopic (exact) mass is 267 g/mol. The Bertz CT molecular complexity index is 410. The molecule has 5 nitrogen and oxygen atoms in total. The Kier molecular flexibility index (Phi) is 5.01. The van der Waals surface area contributed by atoms with E-state index in [0.717, 1.165) is 23.5 Å². The van der Waals surface area contributed by atoms with Crippen LogP contribution in [0.4, 0.5) is 0 Å². The molecular formula is C14H21NO4. The predicted molar refractivity (Wildman–Crippen MR) is 71.6 cm³/mol. The number of aliphatic hydroxyl groups is 2. The van der Waals surface area contributed by atoms with Gasteiger partial charge in [-0.1, -0.05) is 6.07 Å². The highest BCUT2D eigenvalue weighted by atomic mass is 16.5. The van der Waals surface area contributed by atoms with Crippen LogP contribution >= 0.6 is 0 Å². The van der Waals surface area contributed by atoms with Gasteiger partial charge >= 0.3 is 0 Å². The average molecular weight is 267 g/mol. The number of aliphatic hydroxyl groups excluding tert-OH is 2. The van der Waals surface area contributed by atoms with Crippen molar-refractivity contribution in [1.82, 2.24) is 5.32 Å². The lowest BCUT2D eigenvalue weighted by atomic mass is 10.1. The zero-order valence-corrected chi connectivity index (χ0v) is 11.1. The first kappa shape index (κ1) is 14.1. The molecule has 2 unspecified atom stereocenters. The normalized spacial score (nSPS) is 17.6. The third-order valence-corrected chi connectivity index (χ3v) is 3.14. The van der Waals surface area contributed by atoms with Gasteiger partial charge in [0, 0.05) is 19.0 Å². The van der Waals surface area contributed by atoms with Crippen LogP contribution in [-0.2, 0) is 0 Å². The molecule has 0 aliphatic carbocycles. The second kappa shape index (κ2) is 6.75. The summed E-state index contributed by atoms with van der Waals surface area (Å²) in [6, 6.07) is 5.93. The molecule has 1 aromatic carbocycles. The van der Waals surface area contributed by atoms with Gasteiger partial charge in [-0.2, -0.15) is 0 Å². The van der Waals surface area contributed by atoms with Gasteiger partial charge in [0.15, 0.2) is 11.5 Å². The molecule has 1 heterocycles. The van der Waals surface area contributed by atoms with E-state index in [2.05, 4.69) is 5.32 Å². The fourth-order valence-corrected chi connectivity index (χ4v) is 1.94. The van der Waals surface area contributed by atoms with Crippen molar-refractivity contribution in [3.05, 3.63) is 23.8 Å². The summed E-state index contributed by atoms with van der Waals surface area (Å²) in [4.78, 5) is 0. The van der Waals surface area contributed by atoms with Gasteiger partial charge in [0.05, 0.1) is 25.9 Å². The summed E-state index contributed by atoms with van der Waals surface area (Å²) in [5.74, 6) is 1.55. The highest BCUT2D eigenvalue weighted by molar-refractivity contribution is 5.44. The maximum Gasteiger partial charge on any atom is 0.161 e. The molecule has 1 aliphatic rings. The van der Waals surface area contributed by atoms with Crippen molar-refractivity contribution in [2.45, 2.75) is 25.5 Å². The highest BCUT2D eigenvalue weighted by Gasteiger charge is 2.14. The summed E-state index contributed by atoms with van der Waals surface area (Å²) in [5.41, 5.74) is 1.06. The molecule has 1 aromatic rings. The van der Waals surface area contributed by atoms with E-state index in [9.17, 15) is 5.11 Å². The van der Waals surface area contributed by atoms with Gasteiger partial charge in [-0.25, -0.2) is 0 Å². The first-order valence-corrected chi connectivity index (χ1v) is 6.62. The number of nitrogens with one attached hydrogen (secondary N) is 1. The Morgan fingerprint density at radius 1 is 1.26 bits per heavy atom. The summed E-state index contributed by atoms with van der Waals surface area (Å²) in [6.45, 7) is 3.47. The maximum atomic E-state index is 9.33. The molecule has 1 aliphatic heterocycles. The summed E-state index contributed by atoms with van der Waals surface area (Å²) in [7, 11) is 0. The topological polar surface area (TPSA) is 71.0 Å². The van der Waals surface area contributed by atoms with Crippen molar-refractivity contribution in [2.75, 3.05) is 26.4 Å². The first-order chi connectivity index (χ1) is 9.20. The van der Waals surface area contributed by atoms with E-state index in [1.54, 1.807) is 0 Å². The van der Waals surface area contributed by atoms with Crippen molar-refractivity contribution < 1.29 is 19.7 Å². The Hall–Kier alpha value is -1.30. The second-order valence-corrected chi connectivity index (χ2v) is 4.72. The van der Waals surface area contributed by atoms with Crippen molar-refractivity contribution in [2.24, 2.45) is 0 Å². The average Bonchev–Trinajstić information content (AvgIpc) is 2.68. The van der Waals surface area contributed by atoms with Gasteiger partial charge in [0.1, 0.15) is 0 Å². The Labute approximate surface area is 113 Å².